The number of ether oxygens (including phenoxy) is 1. The van der Waals surface area contributed by atoms with Gasteiger partial charge in [0.05, 0.1) is 17.3 Å². The Morgan fingerprint density at radius 2 is 2.25 bits per heavy atom. The number of rotatable bonds is 4. The van der Waals surface area contributed by atoms with E-state index in [1.54, 1.807) is 0 Å². The van der Waals surface area contributed by atoms with E-state index in [1.807, 2.05) is 36.1 Å². The van der Waals surface area contributed by atoms with Crippen LogP contribution < -0.4 is 33.3 Å². The van der Waals surface area contributed by atoms with Crippen molar-refractivity contribution in [1.82, 2.24) is 8.75 Å². The minimum absolute atomic E-state index is 0. The van der Waals surface area contributed by atoms with Crippen LogP contribution in [0.15, 0.2) is 24.5 Å². The van der Waals surface area contributed by atoms with Crippen LogP contribution in [-0.4, -0.2) is 8.75 Å². The van der Waals surface area contributed by atoms with Gasteiger partial charge in [0.25, 0.3) is 5.88 Å². The highest BCUT2D eigenvalue weighted by Crippen LogP contribution is 2.26. The van der Waals surface area contributed by atoms with Gasteiger partial charge in [-0.2, -0.15) is 4.37 Å². The van der Waals surface area contributed by atoms with E-state index in [1.165, 1.54) is 0 Å². The first kappa shape index (κ1) is 16.9. The second kappa shape index (κ2) is 8.87. The summed E-state index contributed by atoms with van der Waals surface area (Å²) in [5, 5.41) is 0. The van der Waals surface area contributed by atoms with Gasteiger partial charge in [0.1, 0.15) is 13.2 Å². The molecule has 0 radical (unpaired) electrons. The van der Waals surface area contributed by atoms with Crippen molar-refractivity contribution in [1.29, 1.82) is 0 Å². The van der Waals surface area contributed by atoms with E-state index >= 15 is 0 Å². The summed E-state index contributed by atoms with van der Waals surface area (Å²) in [6.45, 7) is 2.14. The van der Waals surface area contributed by atoms with E-state index in [9.17, 15) is 0 Å². The van der Waals surface area contributed by atoms with Gasteiger partial charge in [-0.1, -0.05) is 19.3 Å². The number of hydrogen-bond acceptors (Lipinski definition) is 4. The molecule has 2 aromatic rings. The van der Waals surface area contributed by atoms with E-state index in [0.717, 1.165) is 42.2 Å². The van der Waals surface area contributed by atoms with Crippen molar-refractivity contribution in [2.24, 2.45) is 7.05 Å². The first-order chi connectivity index (χ1) is 9.31. The zero-order valence-corrected chi connectivity index (χ0v) is 14.4. The maximum Gasteiger partial charge on any atom is 0.270 e. The van der Waals surface area contributed by atoms with E-state index < -0.39 is 0 Å². The summed E-state index contributed by atoms with van der Waals surface area (Å²) in [5.41, 5.74) is 1.72. The van der Waals surface area contributed by atoms with Crippen LogP contribution in [-0.2, 0) is 7.05 Å². The zero-order valence-electron chi connectivity index (χ0n) is 11.5. The molecule has 0 fully saturated rings. The van der Waals surface area contributed by atoms with E-state index in [0.29, 0.717) is 5.88 Å². The lowest BCUT2D eigenvalue weighted by Crippen LogP contribution is -3.00. The predicted molar refractivity (Wildman–Crippen MR) is 74.5 cm³/mol. The quantitative estimate of drug-likeness (QED) is 0.302. The standard InChI is InChI=1S/C14H16N3OS.HI/c1-3-4-5-6-10-18-14-13(15-19-16-14)12-8-7-9-17(2)11-12;/h7-9,11H,3-5H2,1-2H3;1H/q+1;/p-1. The Balaban J connectivity index is 0.00000200. The molecule has 6 heteroatoms. The summed E-state index contributed by atoms with van der Waals surface area (Å²) < 4.78 is 15.8. The van der Waals surface area contributed by atoms with Gasteiger partial charge in [-0.25, -0.2) is 4.57 Å². The highest BCUT2D eigenvalue weighted by atomic mass is 127. The molecule has 106 valence electrons. The molecule has 0 spiro atoms. The second-order valence-electron chi connectivity index (χ2n) is 4.16. The van der Waals surface area contributed by atoms with Crippen molar-refractivity contribution in [3.8, 4) is 29.2 Å². The maximum atomic E-state index is 5.38. The second-order valence-corrected chi connectivity index (χ2v) is 4.69. The monoisotopic (exact) mass is 401 g/mol. The third-order valence-corrected chi connectivity index (χ3v) is 3.06. The summed E-state index contributed by atoms with van der Waals surface area (Å²) in [6, 6.07) is 3.94. The first-order valence-corrected chi connectivity index (χ1v) is 6.97. The minimum atomic E-state index is 0. The molecular weight excluding hydrogens is 385 g/mol. The largest absolute Gasteiger partial charge is 1.00 e. The van der Waals surface area contributed by atoms with Crippen LogP contribution in [0.2, 0.25) is 0 Å². The van der Waals surface area contributed by atoms with Crippen LogP contribution in [0.3, 0.4) is 0 Å². The number of aromatic nitrogens is 3. The third kappa shape index (κ3) is 4.72. The molecule has 0 aliphatic heterocycles. The van der Waals surface area contributed by atoms with Crippen molar-refractivity contribution in [3.05, 3.63) is 24.5 Å². The lowest BCUT2D eigenvalue weighted by molar-refractivity contribution is -0.671. The van der Waals surface area contributed by atoms with Crippen LogP contribution in [0.1, 0.15) is 26.2 Å². The van der Waals surface area contributed by atoms with Gasteiger partial charge in [-0.05, 0) is 12.5 Å². The fourth-order valence-corrected chi connectivity index (χ4v) is 2.06. The molecule has 0 aromatic carbocycles. The van der Waals surface area contributed by atoms with Gasteiger partial charge in [-0.15, -0.1) is 4.37 Å². The topological polar surface area (TPSA) is 38.9 Å². The zero-order chi connectivity index (χ0) is 13.5. The van der Waals surface area contributed by atoms with Crippen molar-refractivity contribution < 1.29 is 33.3 Å². The normalized spacial score (nSPS) is 9.30. The SMILES string of the molecule is CCCCC#COc1nsnc1-c1ccc[n+](C)c1.[I-]. The van der Waals surface area contributed by atoms with Crippen molar-refractivity contribution in [2.45, 2.75) is 26.2 Å². The average Bonchev–Trinajstić information content (AvgIpc) is 2.87. The van der Waals surface area contributed by atoms with E-state index in [4.69, 9.17) is 4.74 Å². The fraction of sp³-hybridized carbons (Fsp3) is 0.357. The number of halogens is 1. The number of nitrogens with zero attached hydrogens (tertiary/aromatic N) is 3. The van der Waals surface area contributed by atoms with Crippen molar-refractivity contribution in [2.75, 3.05) is 0 Å². The van der Waals surface area contributed by atoms with Gasteiger partial charge >= 0.3 is 0 Å². The highest BCUT2D eigenvalue weighted by molar-refractivity contribution is 6.99. The summed E-state index contributed by atoms with van der Waals surface area (Å²) in [7, 11) is 1.97. The molecule has 0 amide bonds. The summed E-state index contributed by atoms with van der Waals surface area (Å²) in [6.07, 6.45) is 9.72. The van der Waals surface area contributed by atoms with Gasteiger partial charge in [0, 0.05) is 12.5 Å². The van der Waals surface area contributed by atoms with Gasteiger partial charge < -0.3 is 28.7 Å². The number of pyridine rings is 1. The Morgan fingerprint density at radius 1 is 1.40 bits per heavy atom. The maximum absolute atomic E-state index is 5.38. The highest BCUT2D eigenvalue weighted by Gasteiger charge is 2.13. The fourth-order valence-electron chi connectivity index (χ4n) is 1.55. The lowest BCUT2D eigenvalue weighted by atomic mass is 10.2. The van der Waals surface area contributed by atoms with Gasteiger partial charge in [0.2, 0.25) is 0 Å². The molecule has 0 aliphatic rings. The number of aryl methyl sites for hydroxylation is 1. The molecule has 0 atom stereocenters. The molecule has 0 aliphatic carbocycles. The van der Waals surface area contributed by atoms with E-state index in [-0.39, 0.29) is 24.0 Å². The van der Waals surface area contributed by atoms with Crippen molar-refractivity contribution >= 4 is 11.7 Å². The van der Waals surface area contributed by atoms with Gasteiger partial charge in [-0.3, -0.25) is 0 Å². The Kier molecular flexibility index (Phi) is 7.47. The number of unbranched alkanes of at least 4 members (excludes halogenated alkanes) is 2. The Labute approximate surface area is 140 Å². The van der Waals surface area contributed by atoms with Crippen LogP contribution >= 0.6 is 11.7 Å². The molecule has 0 N–H and O–H groups in total. The molecule has 20 heavy (non-hydrogen) atoms. The smallest absolute Gasteiger partial charge is 0.270 e. The summed E-state index contributed by atoms with van der Waals surface area (Å²) in [4.78, 5) is 0. The van der Waals surface area contributed by atoms with Gasteiger partial charge in [0.15, 0.2) is 18.1 Å². The molecule has 2 rings (SSSR count). The molecule has 0 saturated heterocycles. The third-order valence-electron chi connectivity index (χ3n) is 2.55. The van der Waals surface area contributed by atoms with Crippen molar-refractivity contribution in [3.63, 3.8) is 0 Å². The molecule has 0 unspecified atom stereocenters. The van der Waals surface area contributed by atoms with Crippen LogP contribution in [0, 0.1) is 12.0 Å². The van der Waals surface area contributed by atoms with Crippen LogP contribution in [0.25, 0.3) is 11.3 Å². The minimum Gasteiger partial charge on any atom is -1.00 e. The molecule has 0 bridgehead atoms. The van der Waals surface area contributed by atoms with E-state index in [2.05, 4.69) is 27.7 Å². The first-order valence-electron chi connectivity index (χ1n) is 6.24. The predicted octanol–water partition coefficient (Wildman–Crippen LogP) is -0.436. The molecule has 4 nitrogen and oxygen atoms in total. The molecule has 2 heterocycles. The summed E-state index contributed by atoms with van der Waals surface area (Å²) in [5.74, 6) is 3.46. The van der Waals surface area contributed by atoms with Crippen LogP contribution in [0.5, 0.6) is 5.88 Å². The lowest BCUT2D eigenvalue weighted by Gasteiger charge is -1.96. The molecule has 2 aromatic heterocycles. The Bertz CT molecular complexity index is 604. The Morgan fingerprint density at radius 3 is 3.00 bits per heavy atom. The van der Waals surface area contributed by atoms with Crippen LogP contribution in [0.4, 0.5) is 0 Å². The average molecular weight is 401 g/mol. The summed E-state index contributed by atoms with van der Waals surface area (Å²) >= 11 is 1.13. The molecular formula is C14H16IN3OS. The Hall–Kier alpha value is -1.20. The number of hydrogen-bond donors (Lipinski definition) is 0. The molecule has 0 saturated carbocycles.